The maximum absolute atomic E-state index is 4.17. The van der Waals surface area contributed by atoms with E-state index in [2.05, 4.69) is 43.1 Å². The minimum absolute atomic E-state index is 0.196. The van der Waals surface area contributed by atoms with Gasteiger partial charge in [-0.3, -0.25) is 5.10 Å². The summed E-state index contributed by atoms with van der Waals surface area (Å²) in [6.07, 6.45) is 4.68. The Hall–Kier alpha value is -1.31. The van der Waals surface area contributed by atoms with E-state index < -0.39 is 0 Å². The number of rotatable bonds is 1. The van der Waals surface area contributed by atoms with Crippen molar-refractivity contribution in [1.82, 2.24) is 10.2 Å². The zero-order valence-corrected chi connectivity index (χ0v) is 10.2. The normalized spacial score (nSPS) is 16.9. The Kier molecular flexibility index (Phi) is 1.91. The zero-order valence-electron chi connectivity index (χ0n) is 10.2. The summed E-state index contributed by atoms with van der Waals surface area (Å²) in [6.45, 7) is 6.88. The highest BCUT2D eigenvalue weighted by molar-refractivity contribution is 5.84. The van der Waals surface area contributed by atoms with Crippen LogP contribution in [0.15, 0.2) is 18.3 Å². The third-order valence-corrected chi connectivity index (χ3v) is 3.42. The van der Waals surface area contributed by atoms with E-state index in [1.165, 1.54) is 23.8 Å². The lowest BCUT2D eigenvalue weighted by Gasteiger charge is -2.24. The number of aromatic nitrogens is 2. The fourth-order valence-electron chi connectivity index (χ4n) is 2.61. The number of benzene rings is 1. The van der Waals surface area contributed by atoms with Crippen molar-refractivity contribution in [2.75, 3.05) is 0 Å². The van der Waals surface area contributed by atoms with Gasteiger partial charge in [0.1, 0.15) is 0 Å². The van der Waals surface area contributed by atoms with Crippen LogP contribution in [0.25, 0.3) is 10.9 Å². The third-order valence-electron chi connectivity index (χ3n) is 3.42. The molecule has 0 unspecified atom stereocenters. The molecule has 3 rings (SSSR count). The van der Waals surface area contributed by atoms with E-state index in [9.17, 15) is 0 Å². The van der Waals surface area contributed by atoms with Crippen molar-refractivity contribution in [1.29, 1.82) is 0 Å². The molecule has 0 amide bonds. The molecule has 1 heterocycles. The van der Waals surface area contributed by atoms with Crippen molar-refractivity contribution in [2.45, 2.75) is 44.9 Å². The number of hydrogen-bond donors (Lipinski definition) is 1. The van der Waals surface area contributed by atoms with E-state index in [1.807, 2.05) is 6.20 Å². The fraction of sp³-hybridized carbons (Fsp3) is 0.500. The van der Waals surface area contributed by atoms with E-state index in [0.717, 1.165) is 11.4 Å². The first kappa shape index (κ1) is 9.88. The number of aromatic amines is 1. The van der Waals surface area contributed by atoms with E-state index in [1.54, 1.807) is 5.56 Å². The first-order chi connectivity index (χ1) is 7.57. The molecular formula is C14H18N2. The average molecular weight is 214 g/mol. The van der Waals surface area contributed by atoms with E-state index in [0.29, 0.717) is 0 Å². The number of H-pyrrole nitrogens is 1. The highest BCUT2D eigenvalue weighted by Gasteiger charge is 2.31. The summed E-state index contributed by atoms with van der Waals surface area (Å²) in [5.74, 6) is 0.800. The van der Waals surface area contributed by atoms with Gasteiger partial charge in [0, 0.05) is 5.39 Å². The van der Waals surface area contributed by atoms with Crippen LogP contribution in [0, 0.1) is 0 Å². The van der Waals surface area contributed by atoms with Gasteiger partial charge in [-0.15, -0.1) is 0 Å². The summed E-state index contributed by atoms with van der Waals surface area (Å²) in [7, 11) is 0. The van der Waals surface area contributed by atoms with Crippen LogP contribution >= 0.6 is 0 Å². The molecule has 0 aliphatic heterocycles. The smallest absolute Gasteiger partial charge is 0.0653 e. The van der Waals surface area contributed by atoms with Crippen molar-refractivity contribution in [3.05, 3.63) is 29.5 Å². The summed E-state index contributed by atoms with van der Waals surface area (Å²) in [5, 5.41) is 8.54. The first-order valence-corrected chi connectivity index (χ1v) is 6.04. The monoisotopic (exact) mass is 214 g/mol. The second-order valence-electron chi connectivity index (χ2n) is 5.89. The van der Waals surface area contributed by atoms with Gasteiger partial charge in [-0.25, -0.2) is 0 Å². The Balaban J connectivity index is 2.32. The van der Waals surface area contributed by atoms with Crippen LogP contribution in [0.5, 0.6) is 0 Å². The molecule has 0 radical (unpaired) electrons. The quantitative estimate of drug-likeness (QED) is 0.769. The maximum atomic E-state index is 4.17. The second-order valence-corrected chi connectivity index (χ2v) is 5.89. The molecule has 1 aliphatic carbocycles. The molecule has 1 aromatic carbocycles. The van der Waals surface area contributed by atoms with Crippen LogP contribution in [0.4, 0.5) is 0 Å². The molecule has 84 valence electrons. The predicted octanol–water partition coefficient (Wildman–Crippen LogP) is 3.74. The van der Waals surface area contributed by atoms with Crippen LogP contribution < -0.4 is 0 Å². The molecule has 1 N–H and O–H groups in total. The fourth-order valence-corrected chi connectivity index (χ4v) is 2.61. The van der Waals surface area contributed by atoms with Crippen molar-refractivity contribution in [2.24, 2.45) is 0 Å². The highest BCUT2D eigenvalue weighted by Crippen LogP contribution is 2.46. The molecule has 2 aromatic rings. The zero-order chi connectivity index (χ0) is 11.3. The summed E-state index contributed by atoms with van der Waals surface area (Å²) in [6, 6.07) is 4.46. The summed E-state index contributed by atoms with van der Waals surface area (Å²) < 4.78 is 0. The maximum Gasteiger partial charge on any atom is 0.0653 e. The Morgan fingerprint density at radius 1 is 1.25 bits per heavy atom. The molecule has 2 heteroatoms. The molecule has 0 saturated heterocycles. The molecule has 0 spiro atoms. The lowest BCUT2D eigenvalue weighted by molar-refractivity contribution is 0.588. The minimum Gasteiger partial charge on any atom is -0.278 e. The van der Waals surface area contributed by atoms with Crippen LogP contribution in [0.1, 0.15) is 50.7 Å². The standard InChI is InChI=1S/C14H18N2/c1-14(2,3)13-10(9-4-5-9)6-7-12-11(13)8-15-16-12/h6-9H,4-5H2,1-3H3,(H,15,16). The van der Waals surface area contributed by atoms with Gasteiger partial charge >= 0.3 is 0 Å². The Labute approximate surface area is 96.1 Å². The number of hydrogen-bond acceptors (Lipinski definition) is 1. The summed E-state index contributed by atoms with van der Waals surface area (Å²) in [4.78, 5) is 0. The van der Waals surface area contributed by atoms with Gasteiger partial charge in [-0.2, -0.15) is 5.10 Å². The van der Waals surface area contributed by atoms with Crippen LogP contribution in [0.3, 0.4) is 0 Å². The summed E-state index contributed by atoms with van der Waals surface area (Å²) >= 11 is 0. The van der Waals surface area contributed by atoms with Gasteiger partial charge in [0.05, 0.1) is 11.7 Å². The van der Waals surface area contributed by atoms with Crippen molar-refractivity contribution in [3.8, 4) is 0 Å². The largest absolute Gasteiger partial charge is 0.278 e. The molecule has 0 bridgehead atoms. The van der Waals surface area contributed by atoms with Crippen LogP contribution in [-0.4, -0.2) is 10.2 Å². The SMILES string of the molecule is CC(C)(C)c1c(C2CC2)ccc2[nH]ncc12. The van der Waals surface area contributed by atoms with Gasteiger partial charge in [0.2, 0.25) is 0 Å². The molecule has 2 nitrogen and oxygen atoms in total. The first-order valence-electron chi connectivity index (χ1n) is 6.04. The predicted molar refractivity (Wildman–Crippen MR) is 66.8 cm³/mol. The van der Waals surface area contributed by atoms with Gasteiger partial charge in [0.15, 0.2) is 0 Å². The van der Waals surface area contributed by atoms with Gasteiger partial charge < -0.3 is 0 Å². The summed E-state index contributed by atoms with van der Waals surface area (Å²) in [5.41, 5.74) is 4.39. The molecule has 1 aliphatic rings. The Morgan fingerprint density at radius 2 is 2.00 bits per heavy atom. The number of fused-ring (bicyclic) bond motifs is 1. The highest BCUT2D eigenvalue weighted by atomic mass is 15.1. The lowest BCUT2D eigenvalue weighted by atomic mass is 9.80. The molecule has 16 heavy (non-hydrogen) atoms. The molecular weight excluding hydrogens is 196 g/mol. The topological polar surface area (TPSA) is 28.7 Å². The van der Waals surface area contributed by atoms with Gasteiger partial charge in [-0.1, -0.05) is 26.8 Å². The van der Waals surface area contributed by atoms with Crippen molar-refractivity contribution in [3.63, 3.8) is 0 Å². The van der Waals surface area contributed by atoms with Crippen LogP contribution in [-0.2, 0) is 5.41 Å². The van der Waals surface area contributed by atoms with E-state index >= 15 is 0 Å². The lowest BCUT2D eigenvalue weighted by Crippen LogP contribution is -2.14. The molecule has 1 saturated carbocycles. The van der Waals surface area contributed by atoms with Crippen molar-refractivity contribution < 1.29 is 0 Å². The Bertz CT molecular complexity index is 527. The average Bonchev–Trinajstić information content (AvgIpc) is 2.93. The Morgan fingerprint density at radius 3 is 2.62 bits per heavy atom. The minimum atomic E-state index is 0.196. The second kappa shape index (κ2) is 3.09. The molecule has 1 aromatic heterocycles. The molecule has 1 fully saturated rings. The number of nitrogens with one attached hydrogen (secondary N) is 1. The molecule has 0 atom stereocenters. The van der Waals surface area contributed by atoms with Crippen molar-refractivity contribution >= 4 is 10.9 Å². The van der Waals surface area contributed by atoms with E-state index in [-0.39, 0.29) is 5.41 Å². The van der Waals surface area contributed by atoms with Gasteiger partial charge in [0.25, 0.3) is 0 Å². The van der Waals surface area contributed by atoms with E-state index in [4.69, 9.17) is 0 Å². The van der Waals surface area contributed by atoms with Gasteiger partial charge in [-0.05, 0) is 41.4 Å². The van der Waals surface area contributed by atoms with Crippen LogP contribution in [0.2, 0.25) is 0 Å². The third kappa shape index (κ3) is 1.44. The number of nitrogens with zero attached hydrogens (tertiary/aromatic N) is 1.